The highest BCUT2D eigenvalue weighted by molar-refractivity contribution is 7.80. The number of benzene rings is 1. The number of hydrogen-bond donors (Lipinski definition) is 1. The average Bonchev–Trinajstić information content (AvgIpc) is 2.65. The van der Waals surface area contributed by atoms with Crippen LogP contribution in [0.2, 0.25) is 0 Å². The van der Waals surface area contributed by atoms with Crippen LogP contribution >= 0.6 is 12.2 Å². The summed E-state index contributed by atoms with van der Waals surface area (Å²) in [5.41, 5.74) is 4.24. The van der Waals surface area contributed by atoms with Crippen LogP contribution in [0.25, 0.3) is 0 Å². The van der Waals surface area contributed by atoms with Gasteiger partial charge in [-0.1, -0.05) is 12.2 Å². The first kappa shape index (κ1) is 10.1. The van der Waals surface area contributed by atoms with Crippen molar-refractivity contribution in [3.63, 3.8) is 0 Å². The molecule has 0 amide bonds. The summed E-state index contributed by atoms with van der Waals surface area (Å²) in [7, 11) is 1.67. The summed E-state index contributed by atoms with van der Waals surface area (Å²) in [4.78, 5) is 0.903. The van der Waals surface area contributed by atoms with Crippen molar-refractivity contribution in [3.05, 3.63) is 29.8 Å². The van der Waals surface area contributed by atoms with Gasteiger partial charge < -0.3 is 4.74 Å². The second-order valence-corrected chi connectivity index (χ2v) is 3.87. The molecule has 1 saturated heterocycles. The highest BCUT2D eigenvalue weighted by atomic mass is 32.1. The zero-order valence-corrected chi connectivity index (χ0v) is 9.38. The van der Waals surface area contributed by atoms with Crippen molar-refractivity contribution in [2.75, 3.05) is 13.7 Å². The largest absolute Gasteiger partial charge is 0.497 e. The number of thiocarbonyl (C=S) groups is 1. The minimum absolute atomic E-state index is 0.872. The molecule has 0 aromatic heterocycles. The third-order valence-corrected chi connectivity index (χ3v) is 2.56. The van der Waals surface area contributed by atoms with E-state index in [0.29, 0.717) is 0 Å². The zero-order chi connectivity index (χ0) is 10.7. The van der Waals surface area contributed by atoms with E-state index in [2.05, 4.69) is 5.43 Å². The maximum Gasteiger partial charge on any atom is 0.201 e. The number of rotatable bonds is 2. The molecule has 0 spiro atoms. The number of hydrazone groups is 1. The Morgan fingerprint density at radius 2 is 2.13 bits per heavy atom. The predicted molar refractivity (Wildman–Crippen MR) is 63.6 cm³/mol. The number of ether oxygens (including phenoxy) is 1. The predicted octanol–water partition coefficient (Wildman–Crippen LogP) is 1.36. The topological polar surface area (TPSA) is 24.3 Å². The molecule has 1 aromatic carbocycles. The molecule has 0 atom stereocenters. The summed E-state index contributed by atoms with van der Waals surface area (Å²) in [5.74, 6) is 0.872. The van der Waals surface area contributed by atoms with Crippen LogP contribution in [0.5, 0.6) is 5.75 Å². The monoisotopic (exact) mass is 221 g/mol. The van der Waals surface area contributed by atoms with Crippen LogP contribution in [0.3, 0.4) is 0 Å². The fraction of sp³-hybridized carbons (Fsp3) is 0.273. The van der Waals surface area contributed by atoms with E-state index >= 15 is 0 Å². The minimum atomic E-state index is 0.872. The molecule has 0 bridgehead atoms. The molecule has 0 saturated carbocycles. The molecule has 3 nitrogen and oxygen atoms in total. The van der Waals surface area contributed by atoms with E-state index in [1.807, 2.05) is 35.2 Å². The lowest BCUT2D eigenvalue weighted by atomic mass is 10.2. The SMILES string of the molecule is COc1ccc(/C=[N+]2/CCC(=S)N2)cc1. The van der Waals surface area contributed by atoms with E-state index in [4.69, 9.17) is 17.0 Å². The van der Waals surface area contributed by atoms with Gasteiger partial charge >= 0.3 is 0 Å². The van der Waals surface area contributed by atoms with Gasteiger partial charge in [0.1, 0.15) is 10.7 Å². The smallest absolute Gasteiger partial charge is 0.201 e. The van der Waals surface area contributed by atoms with Crippen molar-refractivity contribution in [2.45, 2.75) is 6.42 Å². The van der Waals surface area contributed by atoms with E-state index in [1.165, 1.54) is 0 Å². The van der Waals surface area contributed by atoms with Crippen LogP contribution in [0.15, 0.2) is 24.3 Å². The van der Waals surface area contributed by atoms with E-state index in [1.54, 1.807) is 7.11 Å². The summed E-state index contributed by atoms with van der Waals surface area (Å²) in [6, 6.07) is 7.92. The summed E-state index contributed by atoms with van der Waals surface area (Å²) < 4.78 is 7.10. The van der Waals surface area contributed by atoms with Gasteiger partial charge in [0.2, 0.25) is 6.21 Å². The van der Waals surface area contributed by atoms with Crippen LogP contribution in [0, 0.1) is 0 Å². The van der Waals surface area contributed by atoms with Crippen molar-refractivity contribution in [1.82, 2.24) is 5.43 Å². The zero-order valence-electron chi connectivity index (χ0n) is 8.56. The Hall–Kier alpha value is -1.42. The molecule has 0 unspecified atom stereocenters. The van der Waals surface area contributed by atoms with E-state index in [-0.39, 0.29) is 0 Å². The molecule has 1 N–H and O–H groups in total. The molecular formula is C11H13N2OS+. The third kappa shape index (κ3) is 2.53. The molecule has 0 radical (unpaired) electrons. The summed E-state index contributed by atoms with van der Waals surface area (Å²) in [6.45, 7) is 0.935. The van der Waals surface area contributed by atoms with Gasteiger partial charge in [-0.3, -0.25) is 0 Å². The third-order valence-electron chi connectivity index (χ3n) is 2.27. The van der Waals surface area contributed by atoms with E-state index < -0.39 is 0 Å². The lowest BCUT2D eigenvalue weighted by Gasteiger charge is -1.98. The number of hydrogen-bond acceptors (Lipinski definition) is 2. The van der Waals surface area contributed by atoms with Gasteiger partial charge in [-0.05, 0) is 24.3 Å². The Balaban J connectivity index is 2.13. The minimum Gasteiger partial charge on any atom is -0.497 e. The van der Waals surface area contributed by atoms with Crippen molar-refractivity contribution in [1.29, 1.82) is 0 Å². The van der Waals surface area contributed by atoms with Gasteiger partial charge in [-0.2, -0.15) is 5.43 Å². The molecule has 4 heteroatoms. The van der Waals surface area contributed by atoms with Crippen LogP contribution in [-0.2, 0) is 0 Å². The molecule has 1 heterocycles. The Morgan fingerprint density at radius 1 is 1.40 bits per heavy atom. The molecule has 78 valence electrons. The van der Waals surface area contributed by atoms with Crippen molar-refractivity contribution in [3.8, 4) is 5.75 Å². The molecule has 1 aromatic rings. The Bertz CT molecular complexity index is 398. The van der Waals surface area contributed by atoms with E-state index in [9.17, 15) is 0 Å². The van der Waals surface area contributed by atoms with Gasteiger partial charge in [0.25, 0.3) is 0 Å². The number of methoxy groups -OCH3 is 1. The van der Waals surface area contributed by atoms with Gasteiger partial charge in [-0.25, -0.2) is 0 Å². The Kier molecular flexibility index (Phi) is 2.97. The first-order valence-electron chi connectivity index (χ1n) is 4.83. The number of hydrazine groups is 1. The van der Waals surface area contributed by atoms with Crippen molar-refractivity contribution >= 4 is 23.4 Å². The number of nitrogens with zero attached hydrogens (tertiary/aromatic N) is 1. The van der Waals surface area contributed by atoms with Crippen LogP contribution in [-0.4, -0.2) is 29.5 Å². The van der Waals surface area contributed by atoms with E-state index in [0.717, 1.165) is 29.3 Å². The lowest BCUT2D eigenvalue weighted by molar-refractivity contribution is -0.551. The fourth-order valence-electron chi connectivity index (χ4n) is 1.46. The average molecular weight is 221 g/mol. The highest BCUT2D eigenvalue weighted by Crippen LogP contribution is 2.09. The van der Waals surface area contributed by atoms with Crippen LogP contribution in [0.4, 0.5) is 0 Å². The maximum absolute atomic E-state index is 5.09. The van der Waals surface area contributed by atoms with Gasteiger partial charge in [0, 0.05) is 5.56 Å². The summed E-state index contributed by atoms with van der Waals surface area (Å²) >= 11 is 5.06. The summed E-state index contributed by atoms with van der Waals surface area (Å²) in [5, 5.41) is 0. The first-order valence-corrected chi connectivity index (χ1v) is 5.24. The van der Waals surface area contributed by atoms with Crippen LogP contribution in [0.1, 0.15) is 12.0 Å². The standard InChI is InChI=1S/C11H12N2OS/c1-14-10-4-2-9(3-5-10)8-13-7-6-11(15)12-13/h2-5,8H,6-7H2,1H3/p+1/b13-8-. The quantitative estimate of drug-likeness (QED) is 0.603. The van der Waals surface area contributed by atoms with Crippen molar-refractivity contribution < 1.29 is 9.42 Å². The Morgan fingerprint density at radius 3 is 2.67 bits per heavy atom. The Labute approximate surface area is 94.3 Å². The normalized spacial score (nSPS) is 17.9. The first-order chi connectivity index (χ1) is 7.28. The van der Waals surface area contributed by atoms with Gasteiger partial charge in [0.05, 0.1) is 13.5 Å². The summed E-state index contributed by atoms with van der Waals surface area (Å²) in [6.07, 6.45) is 2.97. The van der Waals surface area contributed by atoms with Gasteiger partial charge in [-0.15, -0.1) is 4.68 Å². The molecule has 2 rings (SSSR count). The molecule has 1 aliphatic rings. The lowest BCUT2D eigenvalue weighted by Crippen LogP contribution is -2.24. The van der Waals surface area contributed by atoms with Gasteiger partial charge in [0.15, 0.2) is 6.54 Å². The van der Waals surface area contributed by atoms with Crippen LogP contribution < -0.4 is 10.2 Å². The second-order valence-electron chi connectivity index (χ2n) is 3.38. The highest BCUT2D eigenvalue weighted by Gasteiger charge is 2.17. The maximum atomic E-state index is 5.09. The number of nitrogens with one attached hydrogen (secondary N) is 1. The molecule has 15 heavy (non-hydrogen) atoms. The molecule has 0 aliphatic carbocycles. The molecule has 1 aliphatic heterocycles. The molecule has 1 fully saturated rings. The van der Waals surface area contributed by atoms with Crippen molar-refractivity contribution in [2.24, 2.45) is 0 Å². The fourth-order valence-corrected chi connectivity index (χ4v) is 1.67. The molecular weight excluding hydrogens is 208 g/mol. The second kappa shape index (κ2) is 4.40.